The standard InChI is InChI=1S/C36H30O4/c1-23-29-19-21-36(25-9-13-27(37-2)14-10-25,26-11-15-28(38-3)16-12-26)40-35(29)34-30-20-22-39-32(30)18-17-31(34)33(23)24-7-5-4-6-8-24/h4-19,21H,20,22H2,1-3H3. The van der Waals surface area contributed by atoms with Gasteiger partial charge in [-0.2, -0.15) is 0 Å². The summed E-state index contributed by atoms with van der Waals surface area (Å²) in [5.41, 5.74) is 7.12. The molecule has 0 amide bonds. The lowest BCUT2D eigenvalue weighted by Crippen LogP contribution is -2.34. The largest absolute Gasteiger partial charge is 0.497 e. The molecular weight excluding hydrogens is 496 g/mol. The van der Waals surface area contributed by atoms with Crippen molar-refractivity contribution < 1.29 is 18.9 Å². The third kappa shape index (κ3) is 3.67. The molecule has 0 unspecified atom stereocenters. The number of methoxy groups -OCH3 is 2. The Hall–Kier alpha value is -4.70. The van der Waals surface area contributed by atoms with Gasteiger partial charge in [-0.3, -0.25) is 0 Å². The summed E-state index contributed by atoms with van der Waals surface area (Å²) in [4.78, 5) is 0. The Morgan fingerprint density at radius 2 is 1.40 bits per heavy atom. The Morgan fingerprint density at radius 1 is 0.750 bits per heavy atom. The Morgan fingerprint density at radius 3 is 2.02 bits per heavy atom. The summed E-state index contributed by atoms with van der Waals surface area (Å²) in [5, 5.41) is 2.31. The Kier molecular flexibility index (Phi) is 5.78. The topological polar surface area (TPSA) is 36.9 Å². The molecule has 0 spiro atoms. The van der Waals surface area contributed by atoms with Gasteiger partial charge in [0.2, 0.25) is 0 Å². The summed E-state index contributed by atoms with van der Waals surface area (Å²) in [6.45, 7) is 2.88. The normalized spacial score (nSPS) is 14.7. The summed E-state index contributed by atoms with van der Waals surface area (Å²) < 4.78 is 24.3. The monoisotopic (exact) mass is 526 g/mol. The molecule has 7 rings (SSSR count). The number of hydrogen-bond acceptors (Lipinski definition) is 4. The van der Waals surface area contributed by atoms with Crippen LogP contribution in [-0.2, 0) is 12.0 Å². The van der Waals surface area contributed by atoms with Crippen molar-refractivity contribution in [1.82, 2.24) is 0 Å². The van der Waals surface area contributed by atoms with E-state index in [2.05, 4.69) is 85.8 Å². The first kappa shape index (κ1) is 24.3. The fraction of sp³-hybridized carbons (Fsp3) is 0.167. The van der Waals surface area contributed by atoms with Gasteiger partial charge in [0, 0.05) is 34.1 Å². The molecule has 4 heteroatoms. The molecule has 0 bridgehead atoms. The van der Waals surface area contributed by atoms with E-state index in [1.807, 2.05) is 24.3 Å². The van der Waals surface area contributed by atoms with Crippen LogP contribution in [-0.4, -0.2) is 20.8 Å². The number of benzene rings is 5. The molecule has 40 heavy (non-hydrogen) atoms. The van der Waals surface area contributed by atoms with E-state index in [0.29, 0.717) is 6.61 Å². The van der Waals surface area contributed by atoms with Gasteiger partial charge in [0.05, 0.1) is 20.8 Å². The van der Waals surface area contributed by atoms with E-state index in [1.165, 1.54) is 27.6 Å². The lowest BCUT2D eigenvalue weighted by Gasteiger charge is -2.38. The maximum Gasteiger partial charge on any atom is 0.178 e. The van der Waals surface area contributed by atoms with Crippen molar-refractivity contribution >= 4 is 16.8 Å². The van der Waals surface area contributed by atoms with Gasteiger partial charge in [0.25, 0.3) is 0 Å². The second-order valence-corrected chi connectivity index (χ2v) is 10.3. The summed E-state index contributed by atoms with van der Waals surface area (Å²) in [7, 11) is 3.37. The molecule has 5 aromatic carbocycles. The second-order valence-electron chi connectivity index (χ2n) is 10.3. The molecule has 0 radical (unpaired) electrons. The molecule has 2 heterocycles. The number of hydrogen-bond donors (Lipinski definition) is 0. The number of fused-ring (bicyclic) bond motifs is 5. The third-order valence-electron chi connectivity index (χ3n) is 8.25. The van der Waals surface area contributed by atoms with E-state index in [0.717, 1.165) is 51.5 Å². The molecule has 2 aliphatic heterocycles. The molecular formula is C36H30O4. The maximum atomic E-state index is 7.32. The third-order valence-corrected chi connectivity index (χ3v) is 8.25. The number of ether oxygens (including phenoxy) is 4. The van der Waals surface area contributed by atoms with Gasteiger partial charge in [-0.15, -0.1) is 0 Å². The van der Waals surface area contributed by atoms with Crippen LogP contribution in [0.1, 0.15) is 27.8 Å². The van der Waals surface area contributed by atoms with E-state index >= 15 is 0 Å². The van der Waals surface area contributed by atoms with E-state index in [1.54, 1.807) is 14.2 Å². The average molecular weight is 527 g/mol. The fourth-order valence-corrected chi connectivity index (χ4v) is 6.22. The van der Waals surface area contributed by atoms with Gasteiger partial charge in [-0.25, -0.2) is 0 Å². The first-order valence-electron chi connectivity index (χ1n) is 13.6. The molecule has 0 aliphatic carbocycles. The zero-order chi connectivity index (χ0) is 27.3. The highest BCUT2D eigenvalue weighted by molar-refractivity contribution is 6.07. The van der Waals surface area contributed by atoms with Gasteiger partial charge < -0.3 is 18.9 Å². The first-order valence-corrected chi connectivity index (χ1v) is 13.6. The Balaban J connectivity index is 1.53. The van der Waals surface area contributed by atoms with Crippen molar-refractivity contribution in [3.05, 3.63) is 125 Å². The average Bonchev–Trinajstić information content (AvgIpc) is 3.50. The minimum atomic E-state index is -0.846. The predicted molar refractivity (Wildman–Crippen MR) is 160 cm³/mol. The molecule has 0 saturated carbocycles. The van der Waals surface area contributed by atoms with Gasteiger partial charge in [-0.05, 0) is 71.5 Å². The number of rotatable bonds is 5. The van der Waals surface area contributed by atoms with Crippen LogP contribution in [0.15, 0.2) is 97.1 Å². The quantitative estimate of drug-likeness (QED) is 0.232. The van der Waals surface area contributed by atoms with Gasteiger partial charge in [-0.1, -0.05) is 60.7 Å². The van der Waals surface area contributed by atoms with Crippen molar-refractivity contribution in [1.29, 1.82) is 0 Å². The zero-order valence-electron chi connectivity index (χ0n) is 22.9. The van der Waals surface area contributed by atoms with Crippen LogP contribution in [0.2, 0.25) is 0 Å². The Bertz CT molecular complexity index is 1700. The zero-order valence-corrected chi connectivity index (χ0v) is 22.9. The van der Waals surface area contributed by atoms with Crippen LogP contribution in [0.25, 0.3) is 28.0 Å². The van der Waals surface area contributed by atoms with Crippen molar-refractivity contribution in [2.75, 3.05) is 20.8 Å². The lowest BCUT2D eigenvalue weighted by atomic mass is 9.81. The molecule has 5 aromatic rings. The molecule has 0 aromatic heterocycles. The van der Waals surface area contributed by atoms with Crippen LogP contribution < -0.4 is 18.9 Å². The van der Waals surface area contributed by atoms with E-state index < -0.39 is 5.60 Å². The summed E-state index contributed by atoms with van der Waals surface area (Å²) in [6, 6.07) is 31.2. The molecule has 0 N–H and O–H groups in total. The summed E-state index contributed by atoms with van der Waals surface area (Å²) >= 11 is 0. The van der Waals surface area contributed by atoms with Gasteiger partial charge >= 0.3 is 0 Å². The van der Waals surface area contributed by atoms with E-state index in [9.17, 15) is 0 Å². The molecule has 198 valence electrons. The van der Waals surface area contributed by atoms with E-state index in [4.69, 9.17) is 18.9 Å². The summed E-state index contributed by atoms with van der Waals surface area (Å²) in [5.74, 6) is 3.44. The highest BCUT2D eigenvalue weighted by Crippen LogP contribution is 2.52. The molecule has 4 nitrogen and oxygen atoms in total. The minimum absolute atomic E-state index is 0.676. The molecule has 0 atom stereocenters. The predicted octanol–water partition coefficient (Wildman–Crippen LogP) is 8.12. The fourth-order valence-electron chi connectivity index (χ4n) is 6.22. The van der Waals surface area contributed by atoms with Crippen LogP contribution in [0.4, 0.5) is 0 Å². The maximum absolute atomic E-state index is 7.32. The van der Waals surface area contributed by atoms with Crippen LogP contribution in [0, 0.1) is 6.92 Å². The van der Waals surface area contributed by atoms with Crippen LogP contribution in [0.3, 0.4) is 0 Å². The summed E-state index contributed by atoms with van der Waals surface area (Å²) in [6.07, 6.45) is 5.28. The van der Waals surface area contributed by atoms with Crippen molar-refractivity contribution in [3.63, 3.8) is 0 Å². The van der Waals surface area contributed by atoms with Crippen molar-refractivity contribution in [3.8, 4) is 34.1 Å². The second kappa shape index (κ2) is 9.49. The lowest BCUT2D eigenvalue weighted by molar-refractivity contribution is 0.163. The minimum Gasteiger partial charge on any atom is -0.497 e. The smallest absolute Gasteiger partial charge is 0.178 e. The van der Waals surface area contributed by atoms with Crippen molar-refractivity contribution in [2.24, 2.45) is 0 Å². The van der Waals surface area contributed by atoms with Crippen LogP contribution >= 0.6 is 0 Å². The highest BCUT2D eigenvalue weighted by atomic mass is 16.5. The molecule has 0 fully saturated rings. The van der Waals surface area contributed by atoms with Crippen LogP contribution in [0.5, 0.6) is 23.0 Å². The SMILES string of the molecule is COc1ccc(C2(c3ccc(OC)cc3)C=Cc3c(C)c(-c4ccccc4)c4ccc5c(c4c3O2)CCO5)cc1. The first-order chi connectivity index (χ1) is 19.6. The highest BCUT2D eigenvalue weighted by Gasteiger charge is 2.39. The van der Waals surface area contributed by atoms with Gasteiger partial charge in [0.15, 0.2) is 5.60 Å². The molecule has 0 saturated heterocycles. The van der Waals surface area contributed by atoms with Crippen molar-refractivity contribution in [2.45, 2.75) is 18.9 Å². The van der Waals surface area contributed by atoms with Gasteiger partial charge in [0.1, 0.15) is 23.0 Å². The van der Waals surface area contributed by atoms with E-state index in [-0.39, 0.29) is 0 Å². The Labute approximate surface area is 234 Å². The molecule has 2 aliphatic rings.